The highest BCUT2D eigenvalue weighted by atomic mass is 16.2. The lowest BCUT2D eigenvalue weighted by Gasteiger charge is -2.40. The summed E-state index contributed by atoms with van der Waals surface area (Å²) in [6.45, 7) is 8.74. The van der Waals surface area contributed by atoms with E-state index in [9.17, 15) is 9.59 Å². The van der Waals surface area contributed by atoms with Gasteiger partial charge in [0.2, 0.25) is 0 Å². The van der Waals surface area contributed by atoms with Crippen molar-refractivity contribution in [1.82, 2.24) is 19.6 Å². The van der Waals surface area contributed by atoms with Crippen LogP contribution in [0.3, 0.4) is 0 Å². The van der Waals surface area contributed by atoms with Crippen molar-refractivity contribution >= 4 is 11.8 Å². The summed E-state index contributed by atoms with van der Waals surface area (Å²) in [5, 5.41) is 0. The van der Waals surface area contributed by atoms with Crippen LogP contribution in [-0.4, -0.2) is 90.3 Å². The van der Waals surface area contributed by atoms with E-state index in [0.717, 1.165) is 32.7 Å². The topological polar surface area (TPSA) is 47.1 Å². The maximum absolute atomic E-state index is 12.9. The van der Waals surface area contributed by atoms with Crippen LogP contribution in [-0.2, 0) is 9.59 Å². The molecule has 2 amide bonds. The molecule has 2 aliphatic heterocycles. The van der Waals surface area contributed by atoms with Crippen LogP contribution in [0.4, 0.5) is 0 Å². The summed E-state index contributed by atoms with van der Waals surface area (Å²) in [6, 6.07) is 21.2. The highest BCUT2D eigenvalue weighted by Gasteiger charge is 2.33. The van der Waals surface area contributed by atoms with Crippen LogP contribution >= 0.6 is 0 Å². The fraction of sp³-hybridized carbons (Fsp3) is 0.440. The van der Waals surface area contributed by atoms with Crippen molar-refractivity contribution in [3.05, 3.63) is 71.8 Å². The van der Waals surface area contributed by atoms with Gasteiger partial charge in [-0.15, -0.1) is 0 Å². The van der Waals surface area contributed by atoms with Crippen molar-refractivity contribution < 1.29 is 9.59 Å². The molecule has 2 fully saturated rings. The van der Waals surface area contributed by atoms with E-state index in [4.69, 9.17) is 0 Å². The number of hydrogen-bond donors (Lipinski definition) is 0. The first-order chi connectivity index (χ1) is 15.2. The molecule has 0 bridgehead atoms. The number of hydrogen-bond acceptors (Lipinski definition) is 4. The van der Waals surface area contributed by atoms with E-state index in [2.05, 4.69) is 65.3 Å². The predicted octanol–water partition coefficient (Wildman–Crippen LogP) is 2.08. The van der Waals surface area contributed by atoms with Gasteiger partial charge >= 0.3 is 11.8 Å². The lowest BCUT2D eigenvalue weighted by atomic mass is 9.96. The third-order valence-electron chi connectivity index (χ3n) is 6.49. The molecule has 31 heavy (non-hydrogen) atoms. The summed E-state index contributed by atoms with van der Waals surface area (Å²) in [5.41, 5.74) is 2.50. The van der Waals surface area contributed by atoms with E-state index < -0.39 is 0 Å². The van der Waals surface area contributed by atoms with Gasteiger partial charge in [0.15, 0.2) is 0 Å². The zero-order valence-corrected chi connectivity index (χ0v) is 18.3. The molecule has 0 aromatic heterocycles. The minimum atomic E-state index is -0.347. The van der Waals surface area contributed by atoms with Crippen molar-refractivity contribution in [3.63, 3.8) is 0 Å². The Morgan fingerprint density at radius 3 is 1.52 bits per heavy atom. The van der Waals surface area contributed by atoms with E-state index in [0.29, 0.717) is 26.2 Å². The van der Waals surface area contributed by atoms with Gasteiger partial charge < -0.3 is 14.7 Å². The second-order valence-corrected chi connectivity index (χ2v) is 8.28. The van der Waals surface area contributed by atoms with Gasteiger partial charge in [-0.25, -0.2) is 0 Å². The van der Waals surface area contributed by atoms with Crippen LogP contribution < -0.4 is 0 Å². The van der Waals surface area contributed by atoms with Crippen LogP contribution in [0.2, 0.25) is 0 Å². The first kappa shape index (κ1) is 21.5. The van der Waals surface area contributed by atoms with Crippen LogP contribution in [0.5, 0.6) is 0 Å². The lowest BCUT2D eigenvalue weighted by Crippen LogP contribution is -2.56. The molecule has 0 unspecified atom stereocenters. The van der Waals surface area contributed by atoms with E-state index in [1.807, 2.05) is 12.1 Å². The SMILES string of the molecule is CCN1CCN(C(=O)C(=O)N2CCN(C(c3ccccc3)c3ccccc3)CC2)CC1. The van der Waals surface area contributed by atoms with Gasteiger partial charge in [0.25, 0.3) is 0 Å². The fourth-order valence-corrected chi connectivity index (χ4v) is 4.61. The molecule has 0 atom stereocenters. The zero-order valence-electron chi connectivity index (χ0n) is 18.3. The molecule has 0 N–H and O–H groups in total. The summed E-state index contributed by atoms with van der Waals surface area (Å²) >= 11 is 0. The average molecular weight is 421 g/mol. The minimum Gasteiger partial charge on any atom is -0.332 e. The van der Waals surface area contributed by atoms with Gasteiger partial charge in [0.05, 0.1) is 6.04 Å². The Morgan fingerprint density at radius 1 is 0.677 bits per heavy atom. The smallest absolute Gasteiger partial charge is 0.312 e. The van der Waals surface area contributed by atoms with Crippen molar-refractivity contribution in [3.8, 4) is 0 Å². The third kappa shape index (κ3) is 4.97. The first-order valence-corrected chi connectivity index (χ1v) is 11.3. The van der Waals surface area contributed by atoms with Gasteiger partial charge in [0, 0.05) is 52.4 Å². The van der Waals surface area contributed by atoms with E-state index in [1.54, 1.807) is 9.80 Å². The number of rotatable bonds is 4. The molecule has 0 aliphatic carbocycles. The Morgan fingerprint density at radius 2 is 1.10 bits per heavy atom. The van der Waals surface area contributed by atoms with E-state index >= 15 is 0 Å². The normalized spacial score (nSPS) is 18.4. The van der Waals surface area contributed by atoms with Gasteiger partial charge in [-0.2, -0.15) is 0 Å². The maximum atomic E-state index is 12.9. The highest BCUT2D eigenvalue weighted by Crippen LogP contribution is 2.29. The summed E-state index contributed by atoms with van der Waals surface area (Å²) in [6.07, 6.45) is 0. The molecule has 2 heterocycles. The van der Waals surface area contributed by atoms with Crippen LogP contribution in [0, 0.1) is 0 Å². The Bertz CT molecular complexity index is 818. The lowest BCUT2D eigenvalue weighted by molar-refractivity contribution is -0.153. The quantitative estimate of drug-likeness (QED) is 0.711. The van der Waals surface area contributed by atoms with Crippen molar-refractivity contribution in [2.75, 3.05) is 58.9 Å². The molecule has 2 aromatic carbocycles. The number of piperazine rings is 2. The van der Waals surface area contributed by atoms with E-state index in [-0.39, 0.29) is 17.9 Å². The molecular formula is C25H32N4O2. The van der Waals surface area contributed by atoms with Gasteiger partial charge in [-0.1, -0.05) is 67.6 Å². The van der Waals surface area contributed by atoms with E-state index in [1.165, 1.54) is 11.1 Å². The Kier molecular flexibility index (Phi) is 6.99. The Balaban J connectivity index is 1.40. The summed E-state index contributed by atoms with van der Waals surface area (Å²) in [7, 11) is 0. The number of carbonyl (C=O) groups is 2. The van der Waals surface area contributed by atoms with Crippen LogP contribution in [0.1, 0.15) is 24.1 Å². The standard InChI is InChI=1S/C25H32N4O2/c1-2-26-13-15-28(16-14-26)24(30)25(31)29-19-17-27(18-20-29)23(21-9-5-3-6-10-21)22-11-7-4-8-12-22/h3-12,23H,2,13-20H2,1H3. The number of likely N-dealkylation sites (N-methyl/N-ethyl adjacent to an activating group) is 1. The second-order valence-electron chi connectivity index (χ2n) is 8.28. The molecule has 0 saturated carbocycles. The maximum Gasteiger partial charge on any atom is 0.312 e. The van der Waals surface area contributed by atoms with Gasteiger partial charge in [-0.3, -0.25) is 14.5 Å². The number of benzene rings is 2. The molecule has 0 radical (unpaired) electrons. The molecule has 0 spiro atoms. The summed E-state index contributed by atoms with van der Waals surface area (Å²) in [4.78, 5) is 33.8. The molecule has 6 heteroatoms. The molecular weight excluding hydrogens is 388 g/mol. The highest BCUT2D eigenvalue weighted by molar-refractivity contribution is 6.34. The Hall–Kier alpha value is -2.70. The molecule has 2 aromatic rings. The number of carbonyl (C=O) groups excluding carboxylic acids is 2. The fourth-order valence-electron chi connectivity index (χ4n) is 4.61. The first-order valence-electron chi connectivity index (χ1n) is 11.3. The molecule has 6 nitrogen and oxygen atoms in total. The van der Waals surface area contributed by atoms with Gasteiger partial charge in [0.1, 0.15) is 0 Å². The predicted molar refractivity (Wildman–Crippen MR) is 122 cm³/mol. The van der Waals surface area contributed by atoms with Crippen molar-refractivity contribution in [2.24, 2.45) is 0 Å². The number of nitrogens with zero attached hydrogens (tertiary/aromatic N) is 4. The largest absolute Gasteiger partial charge is 0.332 e. The zero-order chi connectivity index (χ0) is 21.6. The molecule has 2 saturated heterocycles. The molecule has 2 aliphatic rings. The molecule has 4 rings (SSSR count). The average Bonchev–Trinajstić information content (AvgIpc) is 2.85. The van der Waals surface area contributed by atoms with Crippen LogP contribution in [0.25, 0.3) is 0 Å². The second kappa shape index (κ2) is 10.1. The minimum absolute atomic E-state index is 0.150. The molecule has 164 valence electrons. The van der Waals surface area contributed by atoms with Crippen LogP contribution in [0.15, 0.2) is 60.7 Å². The monoisotopic (exact) mass is 420 g/mol. The summed E-state index contributed by atoms with van der Waals surface area (Å²) < 4.78 is 0. The number of amides is 2. The van der Waals surface area contributed by atoms with Crippen molar-refractivity contribution in [1.29, 1.82) is 0 Å². The Labute approximate surface area is 185 Å². The van der Waals surface area contributed by atoms with Gasteiger partial charge in [-0.05, 0) is 17.7 Å². The third-order valence-corrected chi connectivity index (χ3v) is 6.49. The van der Waals surface area contributed by atoms with Crippen molar-refractivity contribution in [2.45, 2.75) is 13.0 Å². The summed E-state index contributed by atoms with van der Waals surface area (Å²) in [5.74, 6) is -0.688.